The van der Waals surface area contributed by atoms with Crippen molar-refractivity contribution >= 4 is 34.6 Å². The van der Waals surface area contributed by atoms with Crippen LogP contribution < -0.4 is 5.32 Å². The predicted octanol–water partition coefficient (Wildman–Crippen LogP) is 4.04. The van der Waals surface area contributed by atoms with Crippen molar-refractivity contribution in [1.29, 1.82) is 0 Å². The van der Waals surface area contributed by atoms with Crippen LogP contribution in [0.4, 0.5) is 4.79 Å². The summed E-state index contributed by atoms with van der Waals surface area (Å²) in [6.45, 7) is 6.97. The highest BCUT2D eigenvalue weighted by molar-refractivity contribution is 6.32. The van der Waals surface area contributed by atoms with Gasteiger partial charge in [0, 0.05) is 24.8 Å². The number of fused-ring (bicyclic) bond motifs is 1. The molecule has 0 unspecified atom stereocenters. The van der Waals surface area contributed by atoms with E-state index in [4.69, 9.17) is 16.3 Å². The molecule has 1 N–H and O–H groups in total. The molecule has 3 heterocycles. The fourth-order valence-corrected chi connectivity index (χ4v) is 4.28. The molecule has 1 aliphatic heterocycles. The summed E-state index contributed by atoms with van der Waals surface area (Å²) < 4.78 is 6.75. The molecule has 168 valence electrons. The smallest absolute Gasteiger partial charge is 0.409 e. The molecule has 32 heavy (non-hydrogen) atoms. The summed E-state index contributed by atoms with van der Waals surface area (Å²) in [5.41, 5.74) is 3.26. The number of ether oxygens (including phenoxy) is 1. The maximum absolute atomic E-state index is 13.3. The molecule has 2 amide bonds. The van der Waals surface area contributed by atoms with E-state index >= 15 is 0 Å². The Bertz CT molecular complexity index is 1170. The number of amides is 2. The minimum atomic E-state index is -0.300. The van der Waals surface area contributed by atoms with E-state index in [1.54, 1.807) is 28.6 Å². The van der Waals surface area contributed by atoms with Gasteiger partial charge in [0.25, 0.3) is 5.91 Å². The van der Waals surface area contributed by atoms with E-state index in [9.17, 15) is 9.59 Å². The first-order valence-corrected chi connectivity index (χ1v) is 11.1. The average molecular weight is 456 g/mol. The Morgan fingerprint density at radius 1 is 1.22 bits per heavy atom. The van der Waals surface area contributed by atoms with E-state index < -0.39 is 0 Å². The van der Waals surface area contributed by atoms with Gasteiger partial charge in [-0.2, -0.15) is 5.10 Å². The molecule has 1 aliphatic rings. The molecular formula is C23H26ClN5O3. The largest absolute Gasteiger partial charge is 0.450 e. The molecule has 0 radical (unpaired) electrons. The Kier molecular flexibility index (Phi) is 6.32. The maximum Gasteiger partial charge on any atom is 0.409 e. The van der Waals surface area contributed by atoms with Crippen molar-refractivity contribution in [2.75, 3.05) is 19.7 Å². The van der Waals surface area contributed by atoms with Gasteiger partial charge in [-0.3, -0.25) is 4.79 Å². The number of carbonyl (C=O) groups excluding carboxylic acids is 2. The molecule has 9 heteroatoms. The monoisotopic (exact) mass is 455 g/mol. The standard InChI is InChI=1S/C23H26ClN5O3/c1-4-32-23(31)28-11-9-16(10-12-28)26-22(30)17-13-14(2)25-21-20(17)15(3)27-29(21)19-8-6-5-7-18(19)24/h5-8,13,16H,4,9-12H2,1-3H3,(H,26,30). The number of nitrogens with zero attached hydrogens (tertiary/aromatic N) is 4. The number of aryl methyl sites for hydroxylation is 2. The van der Waals surface area contributed by atoms with Crippen LogP contribution in [-0.2, 0) is 4.74 Å². The summed E-state index contributed by atoms with van der Waals surface area (Å²) >= 11 is 6.39. The summed E-state index contributed by atoms with van der Waals surface area (Å²) in [5, 5.41) is 9.02. The quantitative estimate of drug-likeness (QED) is 0.641. The fraction of sp³-hybridized carbons (Fsp3) is 0.391. The third kappa shape index (κ3) is 4.27. The summed E-state index contributed by atoms with van der Waals surface area (Å²) in [5.74, 6) is -0.170. The first kappa shape index (κ1) is 22.1. The molecule has 4 rings (SSSR count). The zero-order valence-corrected chi connectivity index (χ0v) is 19.1. The van der Waals surface area contributed by atoms with Crippen molar-refractivity contribution in [2.45, 2.75) is 39.7 Å². The van der Waals surface area contributed by atoms with Crippen molar-refractivity contribution < 1.29 is 14.3 Å². The summed E-state index contributed by atoms with van der Waals surface area (Å²) in [4.78, 5) is 31.5. The first-order chi connectivity index (χ1) is 15.4. The van der Waals surface area contributed by atoms with Gasteiger partial charge in [-0.15, -0.1) is 0 Å². The van der Waals surface area contributed by atoms with Crippen LogP contribution in [0, 0.1) is 13.8 Å². The molecule has 0 spiro atoms. The second kappa shape index (κ2) is 9.16. The van der Waals surface area contributed by atoms with Crippen LogP contribution in [0.2, 0.25) is 5.02 Å². The van der Waals surface area contributed by atoms with Gasteiger partial charge in [0.1, 0.15) is 0 Å². The lowest BCUT2D eigenvalue weighted by atomic mass is 10.0. The van der Waals surface area contributed by atoms with Crippen LogP contribution in [-0.4, -0.2) is 57.4 Å². The molecule has 1 fully saturated rings. The molecule has 0 saturated carbocycles. The summed E-state index contributed by atoms with van der Waals surface area (Å²) in [7, 11) is 0. The topological polar surface area (TPSA) is 89.3 Å². The van der Waals surface area contributed by atoms with Crippen LogP contribution in [0.25, 0.3) is 16.7 Å². The number of likely N-dealkylation sites (tertiary alicyclic amines) is 1. The molecule has 0 atom stereocenters. The number of benzene rings is 1. The summed E-state index contributed by atoms with van der Waals surface area (Å²) in [6, 6.07) is 9.18. The average Bonchev–Trinajstić information content (AvgIpc) is 3.10. The van der Waals surface area contributed by atoms with Crippen LogP contribution >= 0.6 is 11.6 Å². The lowest BCUT2D eigenvalue weighted by molar-refractivity contribution is 0.0861. The molecule has 1 aromatic carbocycles. The Morgan fingerprint density at radius 3 is 2.62 bits per heavy atom. The predicted molar refractivity (Wildman–Crippen MR) is 122 cm³/mol. The number of pyridine rings is 1. The highest BCUT2D eigenvalue weighted by atomic mass is 35.5. The molecule has 0 bridgehead atoms. The Hall–Kier alpha value is -3.13. The van der Waals surface area contributed by atoms with Gasteiger partial charge in [0.15, 0.2) is 5.65 Å². The zero-order chi connectivity index (χ0) is 22.8. The summed E-state index contributed by atoms with van der Waals surface area (Å²) in [6.07, 6.45) is 1.05. The van der Waals surface area contributed by atoms with Crippen LogP contribution in [0.3, 0.4) is 0 Å². The SMILES string of the molecule is CCOC(=O)N1CCC(NC(=O)c2cc(C)nc3c2c(C)nn3-c2ccccc2Cl)CC1. The van der Waals surface area contributed by atoms with Crippen LogP contribution in [0.1, 0.15) is 41.5 Å². The van der Waals surface area contributed by atoms with Crippen molar-refractivity contribution in [3.63, 3.8) is 0 Å². The Labute approximate surface area is 191 Å². The number of para-hydroxylation sites is 1. The lowest BCUT2D eigenvalue weighted by Gasteiger charge is -2.31. The van der Waals surface area contributed by atoms with Gasteiger partial charge < -0.3 is 15.0 Å². The highest BCUT2D eigenvalue weighted by Crippen LogP contribution is 2.28. The number of aromatic nitrogens is 3. The number of rotatable bonds is 4. The third-order valence-corrected chi connectivity index (χ3v) is 5.94. The normalized spacial score (nSPS) is 14.6. The van der Waals surface area contributed by atoms with Gasteiger partial charge in [0.05, 0.1) is 34.0 Å². The zero-order valence-electron chi connectivity index (χ0n) is 18.4. The van der Waals surface area contributed by atoms with E-state index in [1.165, 1.54) is 0 Å². The minimum absolute atomic E-state index is 0.0179. The lowest BCUT2D eigenvalue weighted by Crippen LogP contribution is -2.46. The number of hydrogen-bond donors (Lipinski definition) is 1. The number of carbonyl (C=O) groups is 2. The van der Waals surface area contributed by atoms with Gasteiger partial charge in [-0.05, 0) is 51.8 Å². The molecule has 3 aromatic rings. The van der Waals surface area contributed by atoms with Crippen molar-refractivity contribution in [3.05, 3.63) is 52.3 Å². The van der Waals surface area contributed by atoms with Gasteiger partial charge >= 0.3 is 6.09 Å². The maximum atomic E-state index is 13.3. The van der Waals surface area contributed by atoms with Crippen molar-refractivity contribution in [2.24, 2.45) is 0 Å². The van der Waals surface area contributed by atoms with E-state index in [0.29, 0.717) is 71.2 Å². The highest BCUT2D eigenvalue weighted by Gasteiger charge is 2.26. The van der Waals surface area contributed by atoms with E-state index in [-0.39, 0.29) is 18.0 Å². The number of halogens is 1. The first-order valence-electron chi connectivity index (χ1n) is 10.7. The second-order valence-corrected chi connectivity index (χ2v) is 8.30. The fourth-order valence-electron chi connectivity index (χ4n) is 4.07. The molecular weight excluding hydrogens is 430 g/mol. The van der Waals surface area contributed by atoms with Crippen molar-refractivity contribution in [1.82, 2.24) is 25.0 Å². The third-order valence-electron chi connectivity index (χ3n) is 5.62. The second-order valence-electron chi connectivity index (χ2n) is 7.89. The number of hydrogen-bond acceptors (Lipinski definition) is 5. The van der Waals surface area contributed by atoms with Gasteiger partial charge in [0.2, 0.25) is 0 Å². The van der Waals surface area contributed by atoms with Crippen molar-refractivity contribution in [3.8, 4) is 5.69 Å². The van der Waals surface area contributed by atoms with E-state index in [2.05, 4.69) is 15.4 Å². The molecule has 1 saturated heterocycles. The molecule has 8 nitrogen and oxygen atoms in total. The van der Waals surface area contributed by atoms with Gasteiger partial charge in [-0.1, -0.05) is 23.7 Å². The van der Waals surface area contributed by atoms with E-state index in [0.717, 1.165) is 0 Å². The minimum Gasteiger partial charge on any atom is -0.450 e. The number of nitrogens with one attached hydrogen (secondary N) is 1. The number of piperidine rings is 1. The van der Waals surface area contributed by atoms with Crippen LogP contribution in [0.15, 0.2) is 30.3 Å². The Balaban J connectivity index is 1.59. The molecule has 2 aromatic heterocycles. The van der Waals surface area contributed by atoms with Gasteiger partial charge in [-0.25, -0.2) is 14.5 Å². The van der Waals surface area contributed by atoms with Crippen LogP contribution in [0.5, 0.6) is 0 Å². The molecule has 0 aliphatic carbocycles. The Morgan fingerprint density at radius 2 is 1.94 bits per heavy atom. The van der Waals surface area contributed by atoms with E-state index in [1.807, 2.05) is 32.0 Å².